The standard InChI is InChI=1S/C13H13BrN2O4/c1-7-8(2)11(16(19)20)4-3-10(7)15-12(17)5-9(6-14)13(15)18/h3-4,9H,5-6H2,1-2H3. The van der Waals surface area contributed by atoms with E-state index in [-0.39, 0.29) is 29.8 Å². The Morgan fingerprint density at radius 3 is 2.50 bits per heavy atom. The first-order valence-corrected chi connectivity index (χ1v) is 7.18. The van der Waals surface area contributed by atoms with Gasteiger partial charge in [-0.15, -0.1) is 0 Å². The lowest BCUT2D eigenvalue weighted by atomic mass is 10.1. The zero-order valence-corrected chi connectivity index (χ0v) is 12.6. The maximum absolute atomic E-state index is 12.2. The summed E-state index contributed by atoms with van der Waals surface area (Å²) in [5.41, 5.74) is 1.47. The molecule has 1 heterocycles. The highest BCUT2D eigenvalue weighted by molar-refractivity contribution is 9.09. The Morgan fingerprint density at radius 1 is 1.35 bits per heavy atom. The van der Waals surface area contributed by atoms with Crippen LogP contribution >= 0.6 is 15.9 Å². The van der Waals surface area contributed by atoms with Gasteiger partial charge in [-0.25, -0.2) is 4.90 Å². The SMILES string of the molecule is Cc1c(N2C(=O)CC(CBr)C2=O)ccc([N+](=O)[O-])c1C. The van der Waals surface area contributed by atoms with Gasteiger partial charge in [0.2, 0.25) is 11.8 Å². The number of hydrogen-bond acceptors (Lipinski definition) is 4. The van der Waals surface area contributed by atoms with E-state index < -0.39 is 4.92 Å². The normalized spacial score (nSPS) is 18.8. The van der Waals surface area contributed by atoms with Crippen LogP contribution in [-0.4, -0.2) is 22.1 Å². The summed E-state index contributed by atoms with van der Waals surface area (Å²) in [6.07, 6.45) is 0.166. The molecule has 1 saturated heterocycles. The van der Waals surface area contributed by atoms with Gasteiger partial charge in [0.25, 0.3) is 5.69 Å². The Kier molecular flexibility index (Phi) is 3.89. The summed E-state index contributed by atoms with van der Waals surface area (Å²) < 4.78 is 0. The van der Waals surface area contributed by atoms with E-state index in [0.29, 0.717) is 22.1 Å². The molecule has 1 unspecified atom stereocenters. The molecule has 1 aliphatic rings. The molecule has 20 heavy (non-hydrogen) atoms. The van der Waals surface area contributed by atoms with Crippen molar-refractivity contribution in [3.8, 4) is 0 Å². The molecule has 2 rings (SSSR count). The second-order valence-electron chi connectivity index (χ2n) is 4.73. The molecule has 7 heteroatoms. The molecule has 0 radical (unpaired) electrons. The van der Waals surface area contributed by atoms with Gasteiger partial charge in [0.15, 0.2) is 0 Å². The van der Waals surface area contributed by atoms with Crippen molar-refractivity contribution in [2.24, 2.45) is 5.92 Å². The molecule has 0 aliphatic carbocycles. The number of halogens is 1. The molecule has 106 valence electrons. The molecule has 6 nitrogen and oxygen atoms in total. The summed E-state index contributed by atoms with van der Waals surface area (Å²) in [6.45, 7) is 3.30. The lowest BCUT2D eigenvalue weighted by molar-refractivity contribution is -0.385. The van der Waals surface area contributed by atoms with Crippen LogP contribution in [0.1, 0.15) is 17.5 Å². The minimum Gasteiger partial charge on any atom is -0.274 e. The van der Waals surface area contributed by atoms with E-state index in [9.17, 15) is 19.7 Å². The molecule has 2 amide bonds. The van der Waals surface area contributed by atoms with Crippen LogP contribution in [-0.2, 0) is 9.59 Å². The highest BCUT2D eigenvalue weighted by atomic mass is 79.9. The summed E-state index contributed by atoms with van der Waals surface area (Å²) in [4.78, 5) is 35.7. The molecular weight excluding hydrogens is 328 g/mol. The first-order chi connectivity index (χ1) is 9.38. The van der Waals surface area contributed by atoms with Gasteiger partial charge in [-0.05, 0) is 25.5 Å². The van der Waals surface area contributed by atoms with Crippen molar-refractivity contribution in [3.63, 3.8) is 0 Å². The third kappa shape index (κ3) is 2.22. The van der Waals surface area contributed by atoms with Crippen molar-refractivity contribution < 1.29 is 14.5 Å². The number of benzene rings is 1. The van der Waals surface area contributed by atoms with Crippen LogP contribution in [0, 0.1) is 29.9 Å². The summed E-state index contributed by atoms with van der Waals surface area (Å²) in [5.74, 6) is -0.892. The van der Waals surface area contributed by atoms with E-state index in [1.165, 1.54) is 12.1 Å². The fourth-order valence-corrected chi connectivity index (χ4v) is 2.81. The first kappa shape index (κ1) is 14.6. The van der Waals surface area contributed by atoms with Gasteiger partial charge in [-0.2, -0.15) is 0 Å². The van der Waals surface area contributed by atoms with Crippen LogP contribution in [0.3, 0.4) is 0 Å². The van der Waals surface area contributed by atoms with Crippen molar-refractivity contribution >= 4 is 39.1 Å². The molecule has 1 aromatic rings. The van der Waals surface area contributed by atoms with E-state index in [2.05, 4.69) is 15.9 Å². The minimum absolute atomic E-state index is 0.0117. The molecule has 1 fully saturated rings. The molecule has 0 spiro atoms. The van der Waals surface area contributed by atoms with Crippen molar-refractivity contribution in [1.82, 2.24) is 0 Å². The monoisotopic (exact) mass is 340 g/mol. The van der Waals surface area contributed by atoms with Gasteiger partial charge in [-0.1, -0.05) is 15.9 Å². The molecule has 0 saturated carbocycles. The van der Waals surface area contributed by atoms with Crippen LogP contribution in [0.15, 0.2) is 12.1 Å². The quantitative estimate of drug-likeness (QED) is 0.366. The Labute approximate surface area is 124 Å². The van der Waals surface area contributed by atoms with E-state index >= 15 is 0 Å². The number of carbonyl (C=O) groups excluding carboxylic acids is 2. The highest BCUT2D eigenvalue weighted by Gasteiger charge is 2.39. The van der Waals surface area contributed by atoms with Gasteiger partial charge in [0.05, 0.1) is 16.5 Å². The number of nitrogens with zero attached hydrogens (tertiary/aromatic N) is 2. The molecule has 1 aromatic carbocycles. The van der Waals surface area contributed by atoms with Gasteiger partial charge in [-0.3, -0.25) is 19.7 Å². The molecule has 0 aromatic heterocycles. The van der Waals surface area contributed by atoms with E-state index in [0.717, 1.165) is 4.90 Å². The second kappa shape index (κ2) is 5.32. The zero-order chi connectivity index (χ0) is 15.0. The maximum atomic E-state index is 12.2. The third-order valence-corrected chi connectivity index (χ3v) is 4.38. The number of carbonyl (C=O) groups is 2. The van der Waals surface area contributed by atoms with Crippen LogP contribution in [0.2, 0.25) is 0 Å². The third-order valence-electron chi connectivity index (χ3n) is 3.59. The van der Waals surface area contributed by atoms with Crippen LogP contribution < -0.4 is 4.90 Å². The smallest absolute Gasteiger partial charge is 0.272 e. The highest BCUT2D eigenvalue weighted by Crippen LogP contribution is 2.34. The number of rotatable bonds is 3. The number of nitro groups is 1. The summed E-state index contributed by atoms with van der Waals surface area (Å²) in [6, 6.07) is 2.80. The Bertz CT molecular complexity index is 615. The largest absolute Gasteiger partial charge is 0.274 e. The lowest BCUT2D eigenvalue weighted by Gasteiger charge is -2.18. The van der Waals surface area contributed by atoms with Gasteiger partial charge < -0.3 is 0 Å². The summed E-state index contributed by atoms with van der Waals surface area (Å²) in [7, 11) is 0. The Balaban J connectivity index is 2.49. The first-order valence-electron chi connectivity index (χ1n) is 6.05. The Morgan fingerprint density at radius 2 is 2.00 bits per heavy atom. The fraction of sp³-hybridized carbons (Fsp3) is 0.385. The van der Waals surface area contributed by atoms with E-state index in [1.54, 1.807) is 13.8 Å². The molecule has 1 atom stereocenters. The fourth-order valence-electron chi connectivity index (χ4n) is 2.30. The van der Waals surface area contributed by atoms with E-state index in [1.807, 2.05) is 0 Å². The van der Waals surface area contributed by atoms with Crippen LogP contribution in [0.5, 0.6) is 0 Å². The number of amides is 2. The Hall–Kier alpha value is -1.76. The summed E-state index contributed by atoms with van der Waals surface area (Å²) in [5, 5.41) is 11.3. The summed E-state index contributed by atoms with van der Waals surface area (Å²) >= 11 is 3.22. The molecular formula is C13H13BrN2O4. The lowest BCUT2D eigenvalue weighted by Crippen LogP contribution is -2.31. The number of anilines is 1. The van der Waals surface area contributed by atoms with Gasteiger partial charge in [0.1, 0.15) is 0 Å². The average Bonchev–Trinajstić information content (AvgIpc) is 2.67. The van der Waals surface area contributed by atoms with Crippen LogP contribution in [0.25, 0.3) is 0 Å². The molecule has 1 aliphatic heterocycles. The van der Waals surface area contributed by atoms with Crippen LogP contribution in [0.4, 0.5) is 11.4 Å². The molecule has 0 bridgehead atoms. The molecule has 0 N–H and O–H groups in total. The maximum Gasteiger partial charge on any atom is 0.272 e. The van der Waals surface area contributed by atoms with Gasteiger partial charge in [0, 0.05) is 23.4 Å². The number of imide groups is 1. The predicted octanol–water partition coefficient (Wildman–Crippen LogP) is 2.49. The van der Waals surface area contributed by atoms with Crippen molar-refractivity contribution in [2.45, 2.75) is 20.3 Å². The van der Waals surface area contributed by atoms with E-state index in [4.69, 9.17) is 0 Å². The van der Waals surface area contributed by atoms with Crippen molar-refractivity contribution in [2.75, 3.05) is 10.2 Å². The number of alkyl halides is 1. The average molecular weight is 341 g/mol. The van der Waals surface area contributed by atoms with Crippen molar-refractivity contribution in [3.05, 3.63) is 33.4 Å². The van der Waals surface area contributed by atoms with Gasteiger partial charge >= 0.3 is 0 Å². The minimum atomic E-state index is -0.471. The second-order valence-corrected chi connectivity index (χ2v) is 5.38. The predicted molar refractivity (Wildman–Crippen MR) is 77.0 cm³/mol. The number of nitro benzene ring substituents is 1. The zero-order valence-electron chi connectivity index (χ0n) is 11.1. The van der Waals surface area contributed by atoms with Crippen molar-refractivity contribution in [1.29, 1.82) is 0 Å². The topological polar surface area (TPSA) is 80.5 Å². The number of hydrogen-bond donors (Lipinski definition) is 0.